The number of carbonyl (C=O) groups excluding carboxylic acids is 1. The average molecular weight is 242 g/mol. The lowest BCUT2D eigenvalue weighted by atomic mass is 9.92. The Labute approximate surface area is 102 Å². The summed E-state index contributed by atoms with van der Waals surface area (Å²) < 4.78 is 4.76. The van der Waals surface area contributed by atoms with Crippen molar-refractivity contribution in [2.75, 3.05) is 20.2 Å². The third kappa shape index (κ3) is 2.74. The van der Waals surface area contributed by atoms with Crippen molar-refractivity contribution in [3.8, 4) is 0 Å². The molecule has 0 radical (unpaired) electrons. The van der Waals surface area contributed by atoms with E-state index in [1.807, 2.05) is 24.3 Å². The molecule has 2 rings (SSSR count). The molecule has 1 aliphatic heterocycles. The number of benzene rings is 1. The monoisotopic (exact) mass is 241 g/mol. The second kappa shape index (κ2) is 5.87. The van der Waals surface area contributed by atoms with Gasteiger partial charge in [-0.25, -0.2) is 4.79 Å². The first-order valence-corrected chi connectivity index (χ1v) is 5.18. The lowest BCUT2D eigenvalue weighted by Gasteiger charge is -2.27. The number of rotatable bonds is 3. The maximum atomic E-state index is 11.5. The van der Waals surface area contributed by atoms with E-state index in [9.17, 15) is 4.79 Å². The molecular formula is C12H16ClNO2. The number of hydrogen-bond acceptors (Lipinski definition) is 3. The predicted octanol–water partition coefficient (Wildman–Crippen LogP) is 1.66. The van der Waals surface area contributed by atoms with Crippen LogP contribution in [0.2, 0.25) is 0 Å². The van der Waals surface area contributed by atoms with Crippen molar-refractivity contribution in [1.82, 2.24) is 5.32 Å². The zero-order valence-corrected chi connectivity index (χ0v) is 10.0. The fraction of sp³-hybridized carbons (Fsp3) is 0.417. The minimum Gasteiger partial charge on any atom is -0.465 e. The Kier molecular flexibility index (Phi) is 4.77. The number of ether oxygens (including phenoxy) is 1. The molecule has 3 nitrogen and oxygen atoms in total. The van der Waals surface area contributed by atoms with E-state index < -0.39 is 0 Å². The van der Waals surface area contributed by atoms with Gasteiger partial charge in [0.2, 0.25) is 0 Å². The Morgan fingerprint density at radius 3 is 2.69 bits per heavy atom. The quantitative estimate of drug-likeness (QED) is 0.818. The highest BCUT2D eigenvalue weighted by Crippen LogP contribution is 2.17. The van der Waals surface area contributed by atoms with E-state index in [4.69, 9.17) is 4.74 Å². The maximum absolute atomic E-state index is 11.5. The molecule has 1 N–H and O–H groups in total. The van der Waals surface area contributed by atoms with Crippen molar-refractivity contribution >= 4 is 18.4 Å². The van der Waals surface area contributed by atoms with Gasteiger partial charge >= 0.3 is 5.97 Å². The van der Waals surface area contributed by atoms with Crippen LogP contribution < -0.4 is 5.32 Å². The van der Waals surface area contributed by atoms with Crippen molar-refractivity contribution in [3.05, 3.63) is 35.4 Å². The van der Waals surface area contributed by atoms with Crippen molar-refractivity contribution in [1.29, 1.82) is 0 Å². The molecule has 88 valence electrons. The second-order valence-corrected chi connectivity index (χ2v) is 3.88. The third-order valence-corrected chi connectivity index (χ3v) is 2.80. The van der Waals surface area contributed by atoms with Crippen LogP contribution in [0.3, 0.4) is 0 Å². The van der Waals surface area contributed by atoms with Gasteiger partial charge in [-0.15, -0.1) is 12.4 Å². The minimum atomic E-state index is -0.238. The zero-order valence-electron chi connectivity index (χ0n) is 9.23. The summed E-state index contributed by atoms with van der Waals surface area (Å²) in [6.45, 7) is 2.10. The fourth-order valence-electron chi connectivity index (χ4n) is 1.81. The molecule has 0 unspecified atom stereocenters. The van der Waals surface area contributed by atoms with Crippen LogP contribution in [0.5, 0.6) is 0 Å². The molecule has 0 saturated carbocycles. The lowest BCUT2D eigenvalue weighted by Crippen LogP contribution is -2.43. The van der Waals surface area contributed by atoms with Crippen molar-refractivity contribution in [2.45, 2.75) is 6.42 Å². The molecule has 0 amide bonds. The van der Waals surface area contributed by atoms with Gasteiger partial charge in [-0.05, 0) is 37.1 Å². The number of nitrogens with one attached hydrogen (secondary N) is 1. The number of methoxy groups -OCH3 is 1. The van der Waals surface area contributed by atoms with E-state index in [0.29, 0.717) is 11.5 Å². The molecule has 1 saturated heterocycles. The van der Waals surface area contributed by atoms with Crippen LogP contribution in [0.25, 0.3) is 0 Å². The molecule has 1 heterocycles. The van der Waals surface area contributed by atoms with E-state index in [0.717, 1.165) is 25.1 Å². The van der Waals surface area contributed by atoms with Gasteiger partial charge in [0, 0.05) is 0 Å². The molecule has 4 heteroatoms. The highest BCUT2D eigenvalue weighted by molar-refractivity contribution is 5.90. The highest BCUT2D eigenvalue weighted by atomic mass is 35.5. The first-order valence-electron chi connectivity index (χ1n) is 5.18. The Morgan fingerprint density at radius 1 is 1.44 bits per heavy atom. The van der Waals surface area contributed by atoms with E-state index >= 15 is 0 Å². The summed E-state index contributed by atoms with van der Waals surface area (Å²) in [5.74, 6) is 0.425. The van der Waals surface area contributed by atoms with E-state index in [-0.39, 0.29) is 18.4 Å². The van der Waals surface area contributed by atoms with Gasteiger partial charge in [-0.2, -0.15) is 0 Å². The molecule has 0 aromatic heterocycles. The standard InChI is InChI=1S/C12H15NO2.ClH/c1-15-12(14)11-5-3-2-4-10(11)6-9-7-13-8-9;/h2-5,9,13H,6-8H2,1H3;1H. The number of carbonyl (C=O) groups is 1. The van der Waals surface area contributed by atoms with Crippen LogP contribution >= 0.6 is 12.4 Å². The van der Waals surface area contributed by atoms with Gasteiger partial charge in [-0.3, -0.25) is 0 Å². The summed E-state index contributed by atoms with van der Waals surface area (Å²) >= 11 is 0. The molecule has 1 fully saturated rings. The predicted molar refractivity (Wildman–Crippen MR) is 65.1 cm³/mol. The molecule has 1 aromatic carbocycles. The molecule has 0 spiro atoms. The largest absolute Gasteiger partial charge is 0.465 e. The van der Waals surface area contributed by atoms with Gasteiger partial charge in [0.1, 0.15) is 0 Å². The van der Waals surface area contributed by atoms with Crippen molar-refractivity contribution in [2.24, 2.45) is 5.92 Å². The molecule has 0 atom stereocenters. The topological polar surface area (TPSA) is 38.3 Å². The van der Waals surface area contributed by atoms with Crippen LogP contribution in [-0.2, 0) is 11.2 Å². The number of halogens is 1. The maximum Gasteiger partial charge on any atom is 0.338 e. The zero-order chi connectivity index (χ0) is 10.7. The van der Waals surface area contributed by atoms with Crippen molar-refractivity contribution in [3.63, 3.8) is 0 Å². The Balaban J connectivity index is 0.00000128. The molecule has 1 aromatic rings. The first kappa shape index (κ1) is 13.0. The molecule has 0 bridgehead atoms. The molecule has 16 heavy (non-hydrogen) atoms. The van der Waals surface area contributed by atoms with Crippen LogP contribution in [0.4, 0.5) is 0 Å². The molecule has 1 aliphatic rings. The summed E-state index contributed by atoms with van der Waals surface area (Å²) in [6.07, 6.45) is 0.957. The van der Waals surface area contributed by atoms with E-state index in [2.05, 4.69) is 5.32 Å². The number of esters is 1. The second-order valence-electron chi connectivity index (χ2n) is 3.88. The highest BCUT2D eigenvalue weighted by Gasteiger charge is 2.20. The average Bonchev–Trinajstić information content (AvgIpc) is 2.23. The Hall–Kier alpha value is -1.06. The SMILES string of the molecule is COC(=O)c1ccccc1CC1CNC1.Cl. The van der Waals surface area contributed by atoms with E-state index in [1.54, 1.807) is 0 Å². The summed E-state index contributed by atoms with van der Waals surface area (Å²) in [6, 6.07) is 7.67. The van der Waals surface area contributed by atoms with Crippen LogP contribution in [0, 0.1) is 5.92 Å². The van der Waals surface area contributed by atoms with Crippen LogP contribution in [-0.4, -0.2) is 26.2 Å². The Morgan fingerprint density at radius 2 is 2.12 bits per heavy atom. The van der Waals surface area contributed by atoms with Crippen molar-refractivity contribution < 1.29 is 9.53 Å². The molecule has 0 aliphatic carbocycles. The van der Waals surface area contributed by atoms with Gasteiger partial charge in [-0.1, -0.05) is 18.2 Å². The fourth-order valence-corrected chi connectivity index (χ4v) is 1.81. The first-order chi connectivity index (χ1) is 7.31. The summed E-state index contributed by atoms with van der Waals surface area (Å²) in [5.41, 5.74) is 1.79. The normalized spacial score (nSPS) is 14.8. The Bertz CT molecular complexity index is 364. The lowest BCUT2D eigenvalue weighted by molar-refractivity contribution is 0.0599. The summed E-state index contributed by atoms with van der Waals surface area (Å²) in [7, 11) is 1.42. The third-order valence-electron chi connectivity index (χ3n) is 2.80. The van der Waals surface area contributed by atoms with Gasteiger partial charge in [0.05, 0.1) is 12.7 Å². The summed E-state index contributed by atoms with van der Waals surface area (Å²) in [5, 5.41) is 3.23. The van der Waals surface area contributed by atoms with Gasteiger partial charge in [0.25, 0.3) is 0 Å². The number of hydrogen-bond donors (Lipinski definition) is 1. The van der Waals surface area contributed by atoms with Crippen LogP contribution in [0.1, 0.15) is 15.9 Å². The molecular weight excluding hydrogens is 226 g/mol. The van der Waals surface area contributed by atoms with E-state index in [1.165, 1.54) is 7.11 Å². The summed E-state index contributed by atoms with van der Waals surface area (Å²) in [4.78, 5) is 11.5. The van der Waals surface area contributed by atoms with Gasteiger partial charge < -0.3 is 10.1 Å². The van der Waals surface area contributed by atoms with Crippen LogP contribution in [0.15, 0.2) is 24.3 Å². The smallest absolute Gasteiger partial charge is 0.338 e. The van der Waals surface area contributed by atoms with Gasteiger partial charge in [0.15, 0.2) is 0 Å². The minimum absolute atomic E-state index is 0.